The Labute approximate surface area is 119 Å². The highest BCUT2D eigenvalue weighted by Crippen LogP contribution is 2.49. The van der Waals surface area contributed by atoms with Crippen molar-refractivity contribution < 1.29 is 4.79 Å². The number of carbonyl (C=O) groups excluding carboxylic acids is 1. The van der Waals surface area contributed by atoms with Gasteiger partial charge in [0.15, 0.2) is 0 Å². The smallest absolute Gasteiger partial charge is 0.223 e. The zero-order valence-electron chi connectivity index (χ0n) is 10.5. The van der Waals surface area contributed by atoms with Crippen LogP contribution >= 0.6 is 24.2 Å². The van der Waals surface area contributed by atoms with Gasteiger partial charge in [0.05, 0.1) is 0 Å². The van der Waals surface area contributed by atoms with Gasteiger partial charge in [-0.05, 0) is 41.7 Å². The molecule has 0 aromatic heterocycles. The van der Waals surface area contributed by atoms with Gasteiger partial charge in [0.1, 0.15) is 0 Å². The molecule has 1 aliphatic rings. The number of benzene rings is 1. The van der Waals surface area contributed by atoms with Crippen molar-refractivity contribution in [1.82, 2.24) is 4.90 Å². The second-order valence-electron chi connectivity index (χ2n) is 5.21. The van der Waals surface area contributed by atoms with Crippen LogP contribution in [-0.2, 0) is 11.3 Å². The van der Waals surface area contributed by atoms with Crippen molar-refractivity contribution in [2.75, 3.05) is 12.8 Å². The van der Waals surface area contributed by atoms with E-state index in [9.17, 15) is 4.79 Å². The highest BCUT2D eigenvalue weighted by atomic mass is 35.5. The van der Waals surface area contributed by atoms with E-state index in [1.807, 2.05) is 31.3 Å². The van der Waals surface area contributed by atoms with Gasteiger partial charge >= 0.3 is 0 Å². The first-order valence-corrected chi connectivity index (χ1v) is 7.15. The first-order valence-electron chi connectivity index (χ1n) is 6.14. The molecule has 18 heavy (non-hydrogen) atoms. The van der Waals surface area contributed by atoms with Gasteiger partial charge in [-0.25, -0.2) is 0 Å². The van der Waals surface area contributed by atoms with Crippen LogP contribution in [0.25, 0.3) is 0 Å². The number of halogens is 1. The maximum atomic E-state index is 12.1. The average Bonchev–Trinajstić information content (AvgIpc) is 3.12. The standard InChI is InChI=1S/C14H18ClNOS/c1-16(9-11-2-4-12(15)5-3-11)13(17)8-14(10-18)6-7-14/h2-5,18H,6-10H2,1H3. The predicted octanol–water partition coefficient (Wildman–Crippen LogP) is 3.40. The van der Waals surface area contributed by atoms with E-state index in [0.29, 0.717) is 13.0 Å². The third-order valence-electron chi connectivity index (χ3n) is 3.58. The van der Waals surface area contributed by atoms with Gasteiger partial charge in [0.25, 0.3) is 0 Å². The molecule has 1 amide bonds. The topological polar surface area (TPSA) is 20.3 Å². The zero-order valence-corrected chi connectivity index (χ0v) is 12.2. The Balaban J connectivity index is 1.89. The lowest BCUT2D eigenvalue weighted by Crippen LogP contribution is -2.28. The van der Waals surface area contributed by atoms with Crippen LogP contribution in [0.15, 0.2) is 24.3 Å². The van der Waals surface area contributed by atoms with Crippen molar-refractivity contribution >= 4 is 30.1 Å². The summed E-state index contributed by atoms with van der Waals surface area (Å²) in [5.41, 5.74) is 1.29. The number of hydrogen-bond donors (Lipinski definition) is 1. The first-order chi connectivity index (χ1) is 8.54. The summed E-state index contributed by atoms with van der Waals surface area (Å²) in [5, 5.41) is 0.722. The molecule has 2 rings (SSSR count). The van der Waals surface area contributed by atoms with Crippen LogP contribution < -0.4 is 0 Å². The molecular formula is C14H18ClNOS. The maximum Gasteiger partial charge on any atom is 0.223 e. The van der Waals surface area contributed by atoms with E-state index < -0.39 is 0 Å². The number of rotatable bonds is 5. The van der Waals surface area contributed by atoms with Crippen LogP contribution in [-0.4, -0.2) is 23.6 Å². The summed E-state index contributed by atoms with van der Waals surface area (Å²) in [6.07, 6.45) is 2.90. The third kappa shape index (κ3) is 3.42. The zero-order chi connectivity index (χ0) is 13.2. The fraction of sp³-hybridized carbons (Fsp3) is 0.500. The molecule has 2 nitrogen and oxygen atoms in total. The van der Waals surface area contributed by atoms with Gasteiger partial charge in [-0.1, -0.05) is 23.7 Å². The van der Waals surface area contributed by atoms with Crippen LogP contribution in [0.3, 0.4) is 0 Å². The Hall–Kier alpha value is -0.670. The lowest BCUT2D eigenvalue weighted by atomic mass is 10.0. The monoisotopic (exact) mass is 283 g/mol. The van der Waals surface area contributed by atoms with E-state index in [0.717, 1.165) is 29.2 Å². The number of nitrogens with zero attached hydrogens (tertiary/aromatic N) is 1. The highest BCUT2D eigenvalue weighted by Gasteiger charge is 2.43. The Bertz CT molecular complexity index is 428. The lowest BCUT2D eigenvalue weighted by Gasteiger charge is -2.20. The molecule has 0 heterocycles. The van der Waals surface area contributed by atoms with E-state index in [2.05, 4.69) is 12.6 Å². The minimum absolute atomic E-state index is 0.189. The second-order valence-corrected chi connectivity index (χ2v) is 5.96. The SMILES string of the molecule is CN(Cc1ccc(Cl)cc1)C(=O)CC1(CS)CC1. The van der Waals surface area contributed by atoms with E-state index in [4.69, 9.17) is 11.6 Å². The molecule has 1 saturated carbocycles. The predicted molar refractivity (Wildman–Crippen MR) is 78.1 cm³/mol. The van der Waals surface area contributed by atoms with Crippen molar-refractivity contribution in [3.8, 4) is 0 Å². The van der Waals surface area contributed by atoms with Crippen LogP contribution in [0.5, 0.6) is 0 Å². The number of carbonyl (C=O) groups is 1. The van der Waals surface area contributed by atoms with Gasteiger partial charge < -0.3 is 4.90 Å². The van der Waals surface area contributed by atoms with Gasteiger partial charge in [0, 0.05) is 25.0 Å². The summed E-state index contributed by atoms with van der Waals surface area (Å²) in [6, 6.07) is 7.62. The Morgan fingerprint density at radius 3 is 2.50 bits per heavy atom. The van der Waals surface area contributed by atoms with E-state index in [-0.39, 0.29) is 11.3 Å². The Morgan fingerprint density at radius 2 is 2.00 bits per heavy atom. The minimum Gasteiger partial charge on any atom is -0.341 e. The van der Waals surface area contributed by atoms with Crippen molar-refractivity contribution in [3.63, 3.8) is 0 Å². The molecule has 1 aromatic carbocycles. The summed E-state index contributed by atoms with van der Waals surface area (Å²) >= 11 is 10.2. The lowest BCUT2D eigenvalue weighted by molar-refractivity contribution is -0.131. The normalized spacial score (nSPS) is 16.4. The third-order valence-corrected chi connectivity index (χ3v) is 4.50. The molecule has 1 fully saturated rings. The number of amides is 1. The molecule has 0 spiro atoms. The van der Waals surface area contributed by atoms with Crippen LogP contribution in [0.2, 0.25) is 5.02 Å². The Kier molecular flexibility index (Phi) is 4.23. The van der Waals surface area contributed by atoms with Crippen LogP contribution in [0.1, 0.15) is 24.8 Å². The highest BCUT2D eigenvalue weighted by molar-refractivity contribution is 7.80. The summed E-state index contributed by atoms with van der Waals surface area (Å²) < 4.78 is 0. The molecule has 0 atom stereocenters. The summed E-state index contributed by atoms with van der Waals surface area (Å²) in [7, 11) is 1.85. The van der Waals surface area contributed by atoms with Gasteiger partial charge in [-0.3, -0.25) is 4.79 Å². The van der Waals surface area contributed by atoms with Crippen molar-refractivity contribution in [3.05, 3.63) is 34.9 Å². The molecule has 1 aliphatic carbocycles. The van der Waals surface area contributed by atoms with Gasteiger partial charge in [-0.15, -0.1) is 0 Å². The summed E-state index contributed by atoms with van der Waals surface area (Å²) in [5.74, 6) is 1.02. The molecule has 4 heteroatoms. The maximum absolute atomic E-state index is 12.1. The van der Waals surface area contributed by atoms with E-state index in [1.165, 1.54) is 0 Å². The minimum atomic E-state index is 0.189. The van der Waals surface area contributed by atoms with Crippen molar-refractivity contribution in [2.24, 2.45) is 5.41 Å². The molecule has 0 aliphatic heterocycles. The van der Waals surface area contributed by atoms with Crippen molar-refractivity contribution in [1.29, 1.82) is 0 Å². The summed E-state index contributed by atoms with van der Waals surface area (Å²) in [6.45, 7) is 0.638. The van der Waals surface area contributed by atoms with Crippen LogP contribution in [0, 0.1) is 5.41 Å². The number of hydrogen-bond acceptors (Lipinski definition) is 2. The van der Waals surface area contributed by atoms with Gasteiger partial charge in [0.2, 0.25) is 5.91 Å². The second kappa shape index (κ2) is 5.54. The molecular weight excluding hydrogens is 266 g/mol. The molecule has 1 aromatic rings. The molecule has 0 unspecified atom stereocenters. The molecule has 0 bridgehead atoms. The van der Waals surface area contributed by atoms with Gasteiger partial charge in [-0.2, -0.15) is 12.6 Å². The van der Waals surface area contributed by atoms with E-state index in [1.54, 1.807) is 4.90 Å². The molecule has 0 N–H and O–H groups in total. The van der Waals surface area contributed by atoms with E-state index >= 15 is 0 Å². The largest absolute Gasteiger partial charge is 0.341 e. The molecule has 98 valence electrons. The molecule has 0 saturated heterocycles. The number of thiol groups is 1. The van der Waals surface area contributed by atoms with Crippen molar-refractivity contribution in [2.45, 2.75) is 25.8 Å². The Morgan fingerprint density at radius 1 is 1.39 bits per heavy atom. The average molecular weight is 284 g/mol. The fourth-order valence-corrected chi connectivity index (χ4v) is 2.53. The van der Waals surface area contributed by atoms with Crippen LogP contribution in [0.4, 0.5) is 0 Å². The quantitative estimate of drug-likeness (QED) is 0.821. The fourth-order valence-electron chi connectivity index (χ4n) is 1.98. The first kappa shape index (κ1) is 13.8. The summed E-state index contributed by atoms with van der Waals surface area (Å²) in [4.78, 5) is 13.9. The molecule has 0 radical (unpaired) electrons.